The third-order valence-corrected chi connectivity index (χ3v) is 2.61. The SMILES string of the molecule is O=C(/C=C/c1ccco1)Nc1ccc2c(c1)OC(F)(F)O2. The lowest BCUT2D eigenvalue weighted by molar-refractivity contribution is -0.286. The van der Waals surface area contributed by atoms with E-state index in [-0.39, 0.29) is 11.5 Å². The van der Waals surface area contributed by atoms with E-state index in [1.807, 2.05) is 0 Å². The van der Waals surface area contributed by atoms with Gasteiger partial charge in [0.05, 0.1) is 6.26 Å². The highest BCUT2D eigenvalue weighted by molar-refractivity contribution is 6.01. The van der Waals surface area contributed by atoms with Gasteiger partial charge in [0, 0.05) is 17.8 Å². The Morgan fingerprint density at radius 1 is 1.19 bits per heavy atom. The second-order valence-corrected chi connectivity index (χ2v) is 4.17. The number of nitrogens with one attached hydrogen (secondary N) is 1. The van der Waals surface area contributed by atoms with Crippen LogP contribution in [-0.2, 0) is 4.79 Å². The van der Waals surface area contributed by atoms with E-state index in [2.05, 4.69) is 14.8 Å². The number of fused-ring (bicyclic) bond motifs is 1. The Morgan fingerprint density at radius 3 is 2.76 bits per heavy atom. The van der Waals surface area contributed by atoms with Crippen molar-refractivity contribution in [2.24, 2.45) is 0 Å². The summed E-state index contributed by atoms with van der Waals surface area (Å²) in [5.74, 6) is -0.121. The van der Waals surface area contributed by atoms with E-state index in [9.17, 15) is 13.6 Å². The number of furan rings is 1. The minimum absolute atomic E-state index is 0.0795. The number of benzene rings is 1. The van der Waals surface area contributed by atoms with Crippen LogP contribution in [0.1, 0.15) is 5.76 Å². The van der Waals surface area contributed by atoms with Crippen molar-refractivity contribution in [2.75, 3.05) is 5.32 Å². The van der Waals surface area contributed by atoms with Gasteiger partial charge in [-0.25, -0.2) is 0 Å². The third kappa shape index (κ3) is 3.02. The first kappa shape index (κ1) is 13.2. The highest BCUT2D eigenvalue weighted by Gasteiger charge is 2.43. The Balaban J connectivity index is 1.68. The van der Waals surface area contributed by atoms with E-state index in [0.29, 0.717) is 11.4 Å². The quantitative estimate of drug-likeness (QED) is 0.882. The van der Waals surface area contributed by atoms with Gasteiger partial charge in [0.15, 0.2) is 11.5 Å². The Bertz CT molecular complexity index is 695. The molecule has 2 aromatic rings. The van der Waals surface area contributed by atoms with Gasteiger partial charge < -0.3 is 19.2 Å². The summed E-state index contributed by atoms with van der Waals surface area (Å²) in [5.41, 5.74) is 0.309. The fraction of sp³-hybridized carbons (Fsp3) is 0.0714. The van der Waals surface area contributed by atoms with Crippen molar-refractivity contribution in [2.45, 2.75) is 6.29 Å². The molecule has 0 unspecified atom stereocenters. The van der Waals surface area contributed by atoms with Crippen LogP contribution in [0.2, 0.25) is 0 Å². The molecule has 7 heteroatoms. The van der Waals surface area contributed by atoms with Crippen molar-refractivity contribution in [3.63, 3.8) is 0 Å². The van der Waals surface area contributed by atoms with Gasteiger partial charge in [0.2, 0.25) is 5.91 Å². The highest BCUT2D eigenvalue weighted by atomic mass is 19.3. The largest absolute Gasteiger partial charge is 0.586 e. The van der Waals surface area contributed by atoms with Crippen LogP contribution in [0.25, 0.3) is 6.08 Å². The first-order valence-corrected chi connectivity index (χ1v) is 5.94. The van der Waals surface area contributed by atoms with Gasteiger partial charge in [0.25, 0.3) is 0 Å². The minimum Gasteiger partial charge on any atom is -0.465 e. The Morgan fingerprint density at radius 2 is 2.00 bits per heavy atom. The molecule has 1 aromatic heterocycles. The van der Waals surface area contributed by atoms with Crippen LogP contribution in [0.5, 0.6) is 11.5 Å². The topological polar surface area (TPSA) is 60.7 Å². The molecule has 21 heavy (non-hydrogen) atoms. The van der Waals surface area contributed by atoms with Gasteiger partial charge in [-0.05, 0) is 30.3 Å². The van der Waals surface area contributed by atoms with Gasteiger partial charge in [0.1, 0.15) is 5.76 Å². The number of hydrogen-bond donors (Lipinski definition) is 1. The summed E-state index contributed by atoms with van der Waals surface area (Å²) in [6.07, 6.45) is 0.550. The van der Waals surface area contributed by atoms with Crippen LogP contribution in [0.3, 0.4) is 0 Å². The highest BCUT2D eigenvalue weighted by Crippen LogP contribution is 2.42. The predicted molar refractivity (Wildman–Crippen MR) is 69.0 cm³/mol. The molecule has 0 saturated heterocycles. The molecule has 0 bridgehead atoms. The maximum atomic E-state index is 12.9. The first-order chi connectivity index (χ1) is 10.0. The number of carbonyl (C=O) groups is 1. The van der Waals surface area contributed by atoms with Crippen molar-refractivity contribution in [3.05, 3.63) is 48.4 Å². The van der Waals surface area contributed by atoms with Crippen molar-refractivity contribution in [1.82, 2.24) is 0 Å². The summed E-state index contributed by atoms with van der Waals surface area (Å²) >= 11 is 0. The fourth-order valence-corrected chi connectivity index (χ4v) is 1.75. The number of halogens is 2. The summed E-state index contributed by atoms with van der Waals surface area (Å²) in [7, 11) is 0. The zero-order valence-corrected chi connectivity index (χ0v) is 10.5. The first-order valence-electron chi connectivity index (χ1n) is 5.94. The van der Waals surface area contributed by atoms with E-state index in [0.717, 1.165) is 0 Å². The van der Waals surface area contributed by atoms with E-state index in [1.54, 1.807) is 12.1 Å². The zero-order valence-electron chi connectivity index (χ0n) is 10.5. The van der Waals surface area contributed by atoms with E-state index in [1.165, 1.54) is 36.6 Å². The predicted octanol–water partition coefficient (Wildman–Crippen LogP) is 3.25. The van der Waals surface area contributed by atoms with Crippen LogP contribution in [0, 0.1) is 0 Å². The van der Waals surface area contributed by atoms with Gasteiger partial charge in [-0.15, -0.1) is 8.78 Å². The number of anilines is 1. The molecular formula is C14H9F2NO4. The third-order valence-electron chi connectivity index (χ3n) is 2.61. The minimum atomic E-state index is -3.68. The molecule has 1 aliphatic rings. The number of rotatable bonds is 3. The standard InChI is InChI=1S/C14H9F2NO4/c15-14(16)20-11-5-3-9(8-12(11)21-14)17-13(18)6-4-10-2-1-7-19-10/h1-8H,(H,17,18)/b6-4+. The molecule has 1 amide bonds. The molecule has 2 heterocycles. The number of amides is 1. The van der Waals surface area contributed by atoms with E-state index < -0.39 is 12.2 Å². The number of carbonyl (C=O) groups excluding carboxylic acids is 1. The van der Waals surface area contributed by atoms with Gasteiger partial charge in [-0.3, -0.25) is 4.79 Å². The number of ether oxygens (including phenoxy) is 2. The second-order valence-electron chi connectivity index (χ2n) is 4.17. The summed E-state index contributed by atoms with van der Waals surface area (Å²) in [6.45, 7) is 0. The lowest BCUT2D eigenvalue weighted by Gasteiger charge is -2.04. The molecule has 5 nitrogen and oxygen atoms in total. The average molecular weight is 293 g/mol. The molecule has 1 aliphatic heterocycles. The van der Waals surface area contributed by atoms with Crippen LogP contribution >= 0.6 is 0 Å². The number of alkyl halides is 2. The molecule has 3 rings (SSSR count). The lowest BCUT2D eigenvalue weighted by Crippen LogP contribution is -2.25. The fourth-order valence-electron chi connectivity index (χ4n) is 1.75. The van der Waals surface area contributed by atoms with Gasteiger partial charge in [-0.2, -0.15) is 0 Å². The molecule has 0 fully saturated rings. The summed E-state index contributed by atoms with van der Waals surface area (Å²) in [5, 5.41) is 2.51. The molecule has 1 aromatic carbocycles. The van der Waals surface area contributed by atoms with E-state index in [4.69, 9.17) is 4.42 Å². The van der Waals surface area contributed by atoms with Crippen molar-refractivity contribution in [1.29, 1.82) is 0 Å². The second kappa shape index (κ2) is 4.93. The molecule has 0 aliphatic carbocycles. The Labute approximate surface area is 117 Å². The van der Waals surface area contributed by atoms with Crippen molar-refractivity contribution in [3.8, 4) is 11.5 Å². The number of hydrogen-bond acceptors (Lipinski definition) is 4. The molecule has 0 radical (unpaired) electrons. The Kier molecular flexibility index (Phi) is 3.09. The van der Waals surface area contributed by atoms with Gasteiger partial charge in [-0.1, -0.05) is 0 Å². The maximum Gasteiger partial charge on any atom is 0.586 e. The average Bonchev–Trinajstić information content (AvgIpc) is 3.01. The molecule has 0 spiro atoms. The van der Waals surface area contributed by atoms with Crippen molar-refractivity contribution < 1.29 is 27.5 Å². The summed E-state index contributed by atoms with van der Waals surface area (Å²) in [6, 6.07) is 7.36. The summed E-state index contributed by atoms with van der Waals surface area (Å²) in [4.78, 5) is 11.7. The Hall–Kier alpha value is -2.83. The van der Waals surface area contributed by atoms with Crippen molar-refractivity contribution >= 4 is 17.7 Å². The molecule has 0 atom stereocenters. The van der Waals surface area contributed by atoms with Crippen LogP contribution in [0.4, 0.5) is 14.5 Å². The summed E-state index contributed by atoms with van der Waals surface area (Å²) < 4.78 is 39.3. The van der Waals surface area contributed by atoms with E-state index >= 15 is 0 Å². The molecule has 0 saturated carbocycles. The lowest BCUT2D eigenvalue weighted by atomic mass is 10.2. The molecular weight excluding hydrogens is 284 g/mol. The zero-order chi connectivity index (χ0) is 14.9. The normalized spacial score (nSPS) is 15.3. The van der Waals surface area contributed by atoms with Crippen LogP contribution < -0.4 is 14.8 Å². The molecule has 1 N–H and O–H groups in total. The van der Waals surface area contributed by atoms with Crippen LogP contribution in [-0.4, -0.2) is 12.2 Å². The monoisotopic (exact) mass is 293 g/mol. The van der Waals surface area contributed by atoms with Crippen LogP contribution in [0.15, 0.2) is 47.1 Å². The maximum absolute atomic E-state index is 12.9. The van der Waals surface area contributed by atoms with Gasteiger partial charge >= 0.3 is 6.29 Å². The molecule has 108 valence electrons. The smallest absolute Gasteiger partial charge is 0.465 e.